The molecule has 2 bridgehead atoms. The Labute approximate surface area is 42.2 Å². The largest absolute Gasteiger partial charge is 0.0623 e. The van der Waals surface area contributed by atoms with Crippen molar-refractivity contribution in [2.24, 2.45) is 23.7 Å². The van der Waals surface area contributed by atoms with Crippen LogP contribution >= 0.6 is 0 Å². The molecule has 0 heterocycles. The molecule has 0 spiro atoms. The van der Waals surface area contributed by atoms with E-state index in [1.165, 1.54) is 24.2 Å². The standard InChI is InChI=1S/C7H6/c1-2-4-5(2)7-3(1)6(4)7/h2,4-6H,1H2. The zero-order chi connectivity index (χ0) is 4.17. The van der Waals surface area contributed by atoms with Crippen LogP contribution in [0, 0.1) is 23.7 Å². The fourth-order valence-electron chi connectivity index (χ4n) is 3.10. The zero-order valence-electron chi connectivity index (χ0n) is 4.02. The van der Waals surface area contributed by atoms with Crippen molar-refractivity contribution in [3.8, 4) is 0 Å². The maximum Gasteiger partial charge on any atom is 0.00530 e. The van der Waals surface area contributed by atoms with E-state index in [0.717, 1.165) is 5.92 Å². The van der Waals surface area contributed by atoms with Crippen molar-refractivity contribution in [1.29, 1.82) is 0 Å². The zero-order valence-corrected chi connectivity index (χ0v) is 4.02. The van der Waals surface area contributed by atoms with E-state index < -0.39 is 0 Å². The number of rotatable bonds is 0. The highest BCUT2D eigenvalue weighted by Crippen LogP contribution is 2.88. The second kappa shape index (κ2) is 0.367. The van der Waals surface area contributed by atoms with E-state index in [4.69, 9.17) is 0 Å². The van der Waals surface area contributed by atoms with Crippen LogP contribution in [0.3, 0.4) is 0 Å². The van der Waals surface area contributed by atoms with Gasteiger partial charge >= 0.3 is 0 Å². The Bertz CT molecular complexity index is 199. The van der Waals surface area contributed by atoms with Gasteiger partial charge in [0.1, 0.15) is 0 Å². The van der Waals surface area contributed by atoms with E-state index in [2.05, 4.69) is 0 Å². The highest BCUT2D eigenvalue weighted by molar-refractivity contribution is 5.65. The number of hydrogen-bond acceptors (Lipinski definition) is 0. The van der Waals surface area contributed by atoms with Crippen LogP contribution in [0.25, 0.3) is 0 Å². The molecule has 5 rings (SSSR count). The molecule has 7 heavy (non-hydrogen) atoms. The molecule has 4 atom stereocenters. The van der Waals surface area contributed by atoms with Crippen molar-refractivity contribution in [1.82, 2.24) is 0 Å². The van der Waals surface area contributed by atoms with Gasteiger partial charge < -0.3 is 0 Å². The van der Waals surface area contributed by atoms with Crippen molar-refractivity contribution in [2.75, 3.05) is 0 Å². The van der Waals surface area contributed by atoms with Crippen LogP contribution in [0.15, 0.2) is 11.1 Å². The van der Waals surface area contributed by atoms with Crippen molar-refractivity contribution in [2.45, 2.75) is 6.42 Å². The average Bonchev–Trinajstić information content (AvgIpc) is 2.18. The normalized spacial score (nSPS) is 75.4. The fourth-order valence-corrected chi connectivity index (χ4v) is 3.10. The summed E-state index contributed by atoms with van der Waals surface area (Å²) in [7, 11) is 0. The maximum absolute atomic E-state index is 1.93. The van der Waals surface area contributed by atoms with Crippen molar-refractivity contribution in [3.63, 3.8) is 0 Å². The fraction of sp³-hybridized carbons (Fsp3) is 0.714. The second-order valence-electron chi connectivity index (χ2n) is 3.43. The molecule has 3 saturated carbocycles. The molecule has 0 amide bonds. The van der Waals surface area contributed by atoms with E-state index in [1.54, 1.807) is 0 Å². The monoisotopic (exact) mass is 90.0 g/mol. The highest BCUT2D eigenvalue weighted by atomic mass is 14.8. The Hall–Kier alpha value is -0.260. The molecule has 0 aromatic heterocycles. The van der Waals surface area contributed by atoms with Crippen LogP contribution in [0.2, 0.25) is 0 Å². The molecule has 0 aliphatic heterocycles. The summed E-state index contributed by atoms with van der Waals surface area (Å²) < 4.78 is 0. The van der Waals surface area contributed by atoms with Gasteiger partial charge in [-0.25, -0.2) is 0 Å². The van der Waals surface area contributed by atoms with Gasteiger partial charge in [0.05, 0.1) is 0 Å². The molecule has 5 aliphatic carbocycles. The first-order valence-corrected chi connectivity index (χ1v) is 3.21. The Kier molecular flexibility index (Phi) is 0.123. The van der Waals surface area contributed by atoms with Gasteiger partial charge in [0.15, 0.2) is 0 Å². The first kappa shape index (κ1) is 2.34. The third-order valence-electron chi connectivity index (χ3n) is 3.43. The molecule has 34 valence electrons. The summed E-state index contributed by atoms with van der Waals surface area (Å²) >= 11 is 0. The molecular weight excluding hydrogens is 84.1 g/mol. The Morgan fingerprint density at radius 3 is 2.57 bits per heavy atom. The molecule has 0 saturated heterocycles. The first-order valence-electron chi connectivity index (χ1n) is 3.21. The van der Waals surface area contributed by atoms with E-state index in [-0.39, 0.29) is 0 Å². The lowest BCUT2D eigenvalue weighted by molar-refractivity contribution is 0.594. The maximum atomic E-state index is 1.93. The molecule has 0 aromatic carbocycles. The molecule has 5 aliphatic rings. The Morgan fingerprint density at radius 2 is 2.43 bits per heavy atom. The van der Waals surface area contributed by atoms with Crippen LogP contribution in [-0.4, -0.2) is 0 Å². The summed E-state index contributed by atoms with van der Waals surface area (Å²) in [6, 6.07) is 0. The predicted molar refractivity (Wildman–Crippen MR) is 25.6 cm³/mol. The van der Waals surface area contributed by atoms with E-state index in [1.807, 2.05) is 11.1 Å². The summed E-state index contributed by atoms with van der Waals surface area (Å²) in [5.41, 5.74) is 3.83. The third-order valence-corrected chi connectivity index (χ3v) is 3.43. The van der Waals surface area contributed by atoms with E-state index in [9.17, 15) is 0 Å². The van der Waals surface area contributed by atoms with Gasteiger partial charge in [0, 0.05) is 5.92 Å². The van der Waals surface area contributed by atoms with Crippen LogP contribution in [0.1, 0.15) is 6.42 Å². The van der Waals surface area contributed by atoms with Gasteiger partial charge in [-0.05, 0) is 24.2 Å². The average molecular weight is 90.1 g/mol. The third kappa shape index (κ3) is 0.0797. The van der Waals surface area contributed by atoms with Crippen molar-refractivity contribution >= 4 is 0 Å². The number of hydrogen-bond donors (Lipinski definition) is 0. The SMILES string of the molecule is C1C2=C3C2C2C1C32. The van der Waals surface area contributed by atoms with Crippen molar-refractivity contribution < 1.29 is 0 Å². The summed E-state index contributed by atoms with van der Waals surface area (Å²) in [6.07, 6.45) is 1.54. The minimum absolute atomic E-state index is 1.15. The molecule has 0 nitrogen and oxygen atoms in total. The lowest BCUT2D eigenvalue weighted by Gasteiger charge is -2.04. The number of allylic oxidation sites excluding steroid dienone is 2. The molecule has 0 aromatic rings. The van der Waals surface area contributed by atoms with E-state index >= 15 is 0 Å². The van der Waals surface area contributed by atoms with Crippen molar-refractivity contribution in [3.05, 3.63) is 11.1 Å². The first-order chi connectivity index (χ1) is 3.48. The van der Waals surface area contributed by atoms with E-state index in [0.29, 0.717) is 0 Å². The van der Waals surface area contributed by atoms with Crippen LogP contribution < -0.4 is 0 Å². The minimum Gasteiger partial charge on any atom is -0.0623 e. The molecular formula is C7H6. The van der Waals surface area contributed by atoms with Crippen LogP contribution in [-0.2, 0) is 0 Å². The smallest absolute Gasteiger partial charge is 0.00530 e. The highest BCUT2D eigenvalue weighted by Gasteiger charge is 2.80. The lowest BCUT2D eigenvalue weighted by atomic mass is 9.99. The quantitative estimate of drug-likeness (QED) is 0.392. The summed E-state index contributed by atoms with van der Waals surface area (Å²) in [5, 5.41) is 0. The lowest BCUT2D eigenvalue weighted by Crippen LogP contribution is -1.99. The summed E-state index contributed by atoms with van der Waals surface area (Å²) in [4.78, 5) is 0. The van der Waals surface area contributed by atoms with Gasteiger partial charge in [-0.1, -0.05) is 11.1 Å². The molecule has 0 radical (unpaired) electrons. The van der Waals surface area contributed by atoms with Crippen LogP contribution in [0.4, 0.5) is 0 Å². The molecule has 0 heteroatoms. The van der Waals surface area contributed by atoms with Gasteiger partial charge in [0.2, 0.25) is 0 Å². The molecule has 0 N–H and O–H groups in total. The Balaban J connectivity index is 2.31. The van der Waals surface area contributed by atoms with Gasteiger partial charge in [0.25, 0.3) is 0 Å². The van der Waals surface area contributed by atoms with Gasteiger partial charge in [-0.2, -0.15) is 0 Å². The topological polar surface area (TPSA) is 0 Å². The second-order valence-corrected chi connectivity index (χ2v) is 3.43. The molecule has 3 fully saturated rings. The predicted octanol–water partition coefficient (Wildman–Crippen LogP) is 1.19. The van der Waals surface area contributed by atoms with Crippen LogP contribution in [0.5, 0.6) is 0 Å². The summed E-state index contributed by atoms with van der Waals surface area (Å²) in [6.45, 7) is 0. The Morgan fingerprint density at radius 1 is 1.43 bits per heavy atom. The van der Waals surface area contributed by atoms with Gasteiger partial charge in [-0.3, -0.25) is 0 Å². The summed E-state index contributed by atoms with van der Waals surface area (Å²) in [5.74, 6) is 4.80. The molecule has 4 unspecified atom stereocenters. The minimum atomic E-state index is 1.15. The van der Waals surface area contributed by atoms with Gasteiger partial charge in [-0.15, -0.1) is 0 Å².